The van der Waals surface area contributed by atoms with E-state index in [0.29, 0.717) is 22.4 Å². The second-order valence-corrected chi connectivity index (χ2v) is 7.62. The molecule has 1 saturated carbocycles. The van der Waals surface area contributed by atoms with Crippen molar-refractivity contribution in [2.45, 2.75) is 31.7 Å². The lowest BCUT2D eigenvalue weighted by molar-refractivity contribution is 0.0738. The summed E-state index contributed by atoms with van der Waals surface area (Å²) in [7, 11) is 3.56. The largest absolute Gasteiger partial charge is 0.357 e. The summed E-state index contributed by atoms with van der Waals surface area (Å²) in [6, 6.07) is 2.65. The van der Waals surface area contributed by atoms with E-state index in [0.717, 1.165) is 12.6 Å². The van der Waals surface area contributed by atoms with Crippen LogP contribution in [0.2, 0.25) is 0 Å². The Bertz CT molecular complexity index is 841. The van der Waals surface area contributed by atoms with Gasteiger partial charge < -0.3 is 19.4 Å². The first-order valence-corrected chi connectivity index (χ1v) is 9.21. The third kappa shape index (κ3) is 3.11. The van der Waals surface area contributed by atoms with Crippen molar-refractivity contribution in [3.8, 4) is 0 Å². The summed E-state index contributed by atoms with van der Waals surface area (Å²) in [6.45, 7) is 3.12. The van der Waals surface area contributed by atoms with E-state index >= 15 is 0 Å². The second-order valence-electron chi connectivity index (χ2n) is 7.62. The van der Waals surface area contributed by atoms with Gasteiger partial charge in [-0.3, -0.25) is 9.59 Å². The number of piperidine rings is 1. The van der Waals surface area contributed by atoms with Crippen LogP contribution in [0.4, 0.5) is 0 Å². The summed E-state index contributed by atoms with van der Waals surface area (Å²) >= 11 is 0. The third-order valence-electron chi connectivity index (χ3n) is 5.72. The van der Waals surface area contributed by atoms with Crippen LogP contribution in [0.3, 0.4) is 0 Å². The van der Waals surface area contributed by atoms with E-state index in [9.17, 15) is 9.59 Å². The smallest absolute Gasteiger partial charge is 0.274 e. The molecule has 2 aromatic rings. The summed E-state index contributed by atoms with van der Waals surface area (Å²) in [5, 5.41) is 0.712. The van der Waals surface area contributed by atoms with Crippen LogP contribution in [0.25, 0.3) is 10.9 Å². The minimum absolute atomic E-state index is 0.00942. The molecule has 2 aliphatic rings. The van der Waals surface area contributed by atoms with Crippen molar-refractivity contribution in [1.29, 1.82) is 0 Å². The van der Waals surface area contributed by atoms with Crippen molar-refractivity contribution in [3.05, 3.63) is 34.4 Å². The quantitative estimate of drug-likeness (QED) is 0.922. The number of likely N-dealkylation sites (tertiary alicyclic amines) is 1. The molecule has 0 bridgehead atoms. The number of aromatic amines is 1. The highest BCUT2D eigenvalue weighted by atomic mass is 16.2. The van der Waals surface area contributed by atoms with Crippen molar-refractivity contribution in [3.63, 3.8) is 0 Å². The number of hydrogen-bond acceptors (Lipinski definition) is 3. The highest BCUT2D eigenvalue weighted by Gasteiger charge is 2.32. The number of carbonyl (C=O) groups excluding carboxylic acids is 1. The Morgan fingerprint density at radius 3 is 2.68 bits per heavy atom. The van der Waals surface area contributed by atoms with E-state index in [4.69, 9.17) is 0 Å². The molecule has 2 fully saturated rings. The predicted octanol–water partition coefficient (Wildman–Crippen LogP) is 1.81. The lowest BCUT2D eigenvalue weighted by atomic mass is 9.96. The molecule has 4 rings (SSSR count). The molecule has 0 unspecified atom stereocenters. The summed E-state index contributed by atoms with van der Waals surface area (Å²) in [4.78, 5) is 32.5. The highest BCUT2D eigenvalue weighted by Crippen LogP contribution is 2.31. The van der Waals surface area contributed by atoms with Gasteiger partial charge in [0.05, 0.1) is 5.56 Å². The van der Waals surface area contributed by atoms with Crippen LogP contribution < -0.4 is 5.56 Å². The molecule has 6 heteroatoms. The number of rotatable bonds is 4. The summed E-state index contributed by atoms with van der Waals surface area (Å²) < 4.78 is 1.48. The van der Waals surface area contributed by atoms with Gasteiger partial charge in [-0.2, -0.15) is 0 Å². The molecular weight excluding hydrogens is 316 g/mol. The van der Waals surface area contributed by atoms with Gasteiger partial charge in [0, 0.05) is 44.5 Å². The minimum atomic E-state index is -0.105. The van der Waals surface area contributed by atoms with Crippen LogP contribution in [0.15, 0.2) is 23.3 Å². The zero-order valence-electron chi connectivity index (χ0n) is 15.0. The zero-order valence-corrected chi connectivity index (χ0v) is 15.0. The van der Waals surface area contributed by atoms with Crippen molar-refractivity contribution in [2.75, 3.05) is 26.7 Å². The van der Waals surface area contributed by atoms with Gasteiger partial charge >= 0.3 is 0 Å². The minimum Gasteiger partial charge on any atom is -0.357 e. The Labute approximate surface area is 147 Å². The maximum absolute atomic E-state index is 13.0. The van der Waals surface area contributed by atoms with E-state index in [-0.39, 0.29) is 11.5 Å². The van der Waals surface area contributed by atoms with Gasteiger partial charge in [-0.25, -0.2) is 0 Å². The number of carbonyl (C=O) groups is 1. The fraction of sp³-hybridized carbons (Fsp3) is 0.579. The molecule has 1 aliphatic heterocycles. The van der Waals surface area contributed by atoms with Gasteiger partial charge in [-0.05, 0) is 50.8 Å². The van der Waals surface area contributed by atoms with Crippen LogP contribution in [0.5, 0.6) is 0 Å². The number of aromatic nitrogens is 2. The van der Waals surface area contributed by atoms with E-state index in [1.165, 1.54) is 43.3 Å². The van der Waals surface area contributed by atoms with Crippen LogP contribution in [-0.2, 0) is 7.05 Å². The molecule has 0 radical (unpaired) electrons. The maximum Gasteiger partial charge on any atom is 0.274 e. The van der Waals surface area contributed by atoms with Crippen LogP contribution in [0.1, 0.15) is 36.0 Å². The number of pyridine rings is 1. The van der Waals surface area contributed by atoms with Gasteiger partial charge in [-0.1, -0.05) is 0 Å². The number of nitrogens with one attached hydrogen (secondary N) is 1. The molecule has 0 atom stereocenters. The topological polar surface area (TPSA) is 61.3 Å². The molecule has 3 heterocycles. The maximum atomic E-state index is 13.0. The predicted molar refractivity (Wildman–Crippen MR) is 97.8 cm³/mol. The lowest BCUT2D eigenvalue weighted by Crippen LogP contribution is -2.40. The van der Waals surface area contributed by atoms with E-state index in [1.807, 2.05) is 18.0 Å². The third-order valence-corrected chi connectivity index (χ3v) is 5.72. The molecule has 0 aromatic carbocycles. The molecule has 2 aromatic heterocycles. The molecule has 0 spiro atoms. The first kappa shape index (κ1) is 16.4. The van der Waals surface area contributed by atoms with E-state index in [1.54, 1.807) is 19.4 Å². The Hall–Kier alpha value is -2.08. The molecular formula is C19H26N4O2. The van der Waals surface area contributed by atoms with Crippen molar-refractivity contribution >= 4 is 16.8 Å². The van der Waals surface area contributed by atoms with E-state index in [2.05, 4.69) is 9.88 Å². The number of nitrogens with zero attached hydrogens (tertiary/aromatic N) is 3. The average Bonchev–Trinajstić information content (AvgIpc) is 3.34. The Kier molecular flexibility index (Phi) is 4.15. The van der Waals surface area contributed by atoms with Crippen LogP contribution in [0, 0.1) is 5.92 Å². The van der Waals surface area contributed by atoms with Crippen molar-refractivity contribution in [2.24, 2.45) is 13.0 Å². The normalized spacial score (nSPS) is 19.4. The number of hydrogen-bond donors (Lipinski definition) is 1. The van der Waals surface area contributed by atoms with Crippen molar-refractivity contribution in [1.82, 2.24) is 19.4 Å². The SMILES string of the molecule is CN(CC1CCN(C2CC2)CC1)C(=O)c1cn(C)c(=O)c2[nH]ccc12. The van der Waals surface area contributed by atoms with Crippen LogP contribution >= 0.6 is 0 Å². The van der Waals surface area contributed by atoms with Crippen LogP contribution in [-0.4, -0.2) is 58.0 Å². The summed E-state index contributed by atoms with van der Waals surface area (Å²) in [5.41, 5.74) is 0.988. The molecule has 6 nitrogen and oxygen atoms in total. The summed E-state index contributed by atoms with van der Waals surface area (Å²) in [5.74, 6) is 0.558. The number of amides is 1. The second kappa shape index (κ2) is 6.33. The monoisotopic (exact) mass is 342 g/mol. The molecule has 1 saturated heterocycles. The van der Waals surface area contributed by atoms with Gasteiger partial charge in [0.15, 0.2) is 0 Å². The highest BCUT2D eigenvalue weighted by molar-refractivity contribution is 6.05. The molecule has 1 aliphatic carbocycles. The zero-order chi connectivity index (χ0) is 17.6. The lowest BCUT2D eigenvalue weighted by Gasteiger charge is -2.34. The van der Waals surface area contributed by atoms with Gasteiger partial charge in [0.1, 0.15) is 5.52 Å². The number of fused-ring (bicyclic) bond motifs is 1. The first-order valence-electron chi connectivity index (χ1n) is 9.21. The number of aryl methyl sites for hydroxylation is 1. The Morgan fingerprint density at radius 2 is 2.00 bits per heavy atom. The Morgan fingerprint density at radius 1 is 1.28 bits per heavy atom. The average molecular weight is 342 g/mol. The fourth-order valence-corrected chi connectivity index (χ4v) is 4.06. The van der Waals surface area contributed by atoms with E-state index < -0.39 is 0 Å². The van der Waals surface area contributed by atoms with Gasteiger partial charge in [0.25, 0.3) is 11.5 Å². The number of H-pyrrole nitrogens is 1. The summed E-state index contributed by atoms with van der Waals surface area (Å²) in [6.07, 6.45) is 8.44. The van der Waals surface area contributed by atoms with Gasteiger partial charge in [-0.15, -0.1) is 0 Å². The van der Waals surface area contributed by atoms with Gasteiger partial charge in [0.2, 0.25) is 0 Å². The first-order chi connectivity index (χ1) is 12.0. The Balaban J connectivity index is 1.46. The molecule has 134 valence electrons. The molecule has 1 N–H and O–H groups in total. The molecule has 25 heavy (non-hydrogen) atoms. The fourth-order valence-electron chi connectivity index (χ4n) is 4.06. The standard InChI is InChI=1S/C19H26N4O2/c1-21(11-13-6-9-23(10-7-13)14-3-4-14)18(24)16-12-22(2)19(25)17-15(16)5-8-20-17/h5,8,12-14,20H,3-4,6-7,9-11H2,1-2H3. The van der Waals surface area contributed by atoms with Crippen molar-refractivity contribution < 1.29 is 4.79 Å². The molecule has 1 amide bonds.